The van der Waals surface area contributed by atoms with Crippen molar-refractivity contribution in [1.82, 2.24) is 5.32 Å². The Morgan fingerprint density at radius 3 is 2.56 bits per heavy atom. The van der Waals surface area contributed by atoms with E-state index in [1.807, 2.05) is 0 Å². The highest BCUT2D eigenvalue weighted by Crippen LogP contribution is 2.39. The molecule has 0 bridgehead atoms. The minimum absolute atomic E-state index is 0.561. The van der Waals surface area contributed by atoms with E-state index >= 15 is 0 Å². The number of thioether (sulfide) groups is 1. The largest absolute Gasteiger partial charge is 0.381 e. The number of rotatable bonds is 5. The molecule has 0 spiro atoms. The van der Waals surface area contributed by atoms with Crippen molar-refractivity contribution in [3.63, 3.8) is 0 Å². The van der Waals surface area contributed by atoms with Crippen LogP contribution in [0.5, 0.6) is 0 Å². The van der Waals surface area contributed by atoms with Gasteiger partial charge in [-0.25, -0.2) is 0 Å². The van der Waals surface area contributed by atoms with Gasteiger partial charge in [-0.15, -0.1) is 0 Å². The summed E-state index contributed by atoms with van der Waals surface area (Å²) in [6.07, 6.45) is 10.5. The average Bonchev–Trinajstić information content (AvgIpc) is 2.80. The fourth-order valence-electron chi connectivity index (χ4n) is 2.93. The smallest absolute Gasteiger partial charge is 0.0469 e. The molecule has 94 valence electrons. The van der Waals surface area contributed by atoms with Crippen molar-refractivity contribution in [3.05, 3.63) is 0 Å². The monoisotopic (exact) mass is 243 g/mol. The second-order valence-electron chi connectivity index (χ2n) is 5.28. The van der Waals surface area contributed by atoms with E-state index in [-0.39, 0.29) is 0 Å². The summed E-state index contributed by atoms with van der Waals surface area (Å²) in [6, 6.07) is 0. The summed E-state index contributed by atoms with van der Waals surface area (Å²) in [6.45, 7) is 4.36. The predicted octanol–water partition coefficient (Wildman–Crippen LogP) is 2.68. The van der Waals surface area contributed by atoms with Crippen LogP contribution in [0.25, 0.3) is 0 Å². The van der Waals surface area contributed by atoms with Gasteiger partial charge in [0, 0.05) is 24.5 Å². The van der Waals surface area contributed by atoms with Crippen molar-refractivity contribution >= 4 is 11.8 Å². The molecule has 3 heteroatoms. The van der Waals surface area contributed by atoms with Gasteiger partial charge >= 0.3 is 0 Å². The fraction of sp³-hybridized carbons (Fsp3) is 1.00. The molecule has 16 heavy (non-hydrogen) atoms. The van der Waals surface area contributed by atoms with Crippen LogP contribution in [0.3, 0.4) is 0 Å². The quantitative estimate of drug-likeness (QED) is 0.802. The van der Waals surface area contributed by atoms with E-state index in [1.165, 1.54) is 51.6 Å². The molecule has 1 saturated carbocycles. The third kappa shape index (κ3) is 3.38. The standard InChI is InChI=1S/C13H25NOS/c1-16-13(6-2-3-7-13)11-14-10-12-4-8-15-9-5-12/h12,14H,2-11H2,1H3. The summed E-state index contributed by atoms with van der Waals surface area (Å²) in [7, 11) is 0. The SMILES string of the molecule is CSC1(CNCC2CCOCC2)CCCC1. The van der Waals surface area contributed by atoms with Crippen molar-refractivity contribution in [2.24, 2.45) is 5.92 Å². The van der Waals surface area contributed by atoms with Gasteiger partial charge in [0.1, 0.15) is 0 Å². The molecule has 0 aromatic carbocycles. The van der Waals surface area contributed by atoms with E-state index in [9.17, 15) is 0 Å². The Bertz CT molecular complexity index is 198. The normalized spacial score (nSPS) is 26.1. The zero-order chi connectivity index (χ0) is 11.3. The topological polar surface area (TPSA) is 21.3 Å². The Morgan fingerprint density at radius 1 is 1.25 bits per heavy atom. The molecule has 0 amide bonds. The van der Waals surface area contributed by atoms with Crippen LogP contribution in [0.2, 0.25) is 0 Å². The van der Waals surface area contributed by atoms with Gasteiger partial charge in [-0.2, -0.15) is 11.8 Å². The Labute approximate surface area is 104 Å². The van der Waals surface area contributed by atoms with E-state index in [0.29, 0.717) is 4.75 Å². The molecule has 0 aromatic rings. The van der Waals surface area contributed by atoms with Gasteiger partial charge in [0.15, 0.2) is 0 Å². The van der Waals surface area contributed by atoms with Crippen LogP contribution in [0.4, 0.5) is 0 Å². The lowest BCUT2D eigenvalue weighted by Gasteiger charge is -2.29. The van der Waals surface area contributed by atoms with Crippen LogP contribution in [0.1, 0.15) is 38.5 Å². The minimum Gasteiger partial charge on any atom is -0.381 e. The molecule has 2 fully saturated rings. The molecular formula is C13H25NOS. The summed E-state index contributed by atoms with van der Waals surface area (Å²) in [5.74, 6) is 0.856. The van der Waals surface area contributed by atoms with Gasteiger partial charge in [-0.1, -0.05) is 12.8 Å². The maximum Gasteiger partial charge on any atom is 0.0469 e. The summed E-state index contributed by atoms with van der Waals surface area (Å²) in [5.41, 5.74) is 0. The summed E-state index contributed by atoms with van der Waals surface area (Å²) in [4.78, 5) is 0. The Kier molecular flexibility index (Phi) is 4.98. The van der Waals surface area contributed by atoms with E-state index < -0.39 is 0 Å². The first-order chi connectivity index (χ1) is 7.85. The lowest BCUT2D eigenvalue weighted by atomic mass is 10.00. The fourth-order valence-corrected chi connectivity index (χ4v) is 3.87. The van der Waals surface area contributed by atoms with Gasteiger partial charge in [0.05, 0.1) is 0 Å². The van der Waals surface area contributed by atoms with Gasteiger partial charge in [0.25, 0.3) is 0 Å². The molecule has 0 unspecified atom stereocenters. The highest BCUT2D eigenvalue weighted by Gasteiger charge is 2.32. The Hall–Kier alpha value is 0.270. The van der Waals surface area contributed by atoms with E-state index in [4.69, 9.17) is 4.74 Å². The van der Waals surface area contributed by atoms with Gasteiger partial charge < -0.3 is 10.1 Å². The van der Waals surface area contributed by atoms with Gasteiger partial charge in [0.2, 0.25) is 0 Å². The Balaban J connectivity index is 1.66. The maximum absolute atomic E-state index is 5.39. The Morgan fingerprint density at radius 2 is 1.94 bits per heavy atom. The van der Waals surface area contributed by atoms with Crippen molar-refractivity contribution in [1.29, 1.82) is 0 Å². The molecule has 0 atom stereocenters. The van der Waals surface area contributed by atoms with Crippen LogP contribution in [-0.4, -0.2) is 37.3 Å². The third-order valence-corrected chi connectivity index (χ3v) is 5.59. The third-order valence-electron chi connectivity index (χ3n) is 4.17. The number of hydrogen-bond acceptors (Lipinski definition) is 3. The lowest BCUT2D eigenvalue weighted by Crippen LogP contribution is -2.38. The molecule has 1 saturated heterocycles. The van der Waals surface area contributed by atoms with E-state index in [1.54, 1.807) is 0 Å². The van der Waals surface area contributed by atoms with Crippen LogP contribution in [-0.2, 0) is 4.74 Å². The molecule has 1 N–H and O–H groups in total. The van der Waals surface area contributed by atoms with Crippen LogP contribution < -0.4 is 5.32 Å². The molecule has 2 rings (SSSR count). The summed E-state index contributed by atoms with van der Waals surface area (Å²) < 4.78 is 5.95. The summed E-state index contributed by atoms with van der Waals surface area (Å²) >= 11 is 2.08. The van der Waals surface area contributed by atoms with Gasteiger partial charge in [-0.05, 0) is 44.4 Å². The molecule has 0 aromatic heterocycles. The zero-order valence-electron chi connectivity index (χ0n) is 10.5. The molecule has 1 heterocycles. The van der Waals surface area contributed by atoms with Crippen molar-refractivity contribution < 1.29 is 4.74 Å². The molecule has 1 aliphatic heterocycles. The van der Waals surface area contributed by atoms with Crippen LogP contribution in [0, 0.1) is 5.92 Å². The average molecular weight is 243 g/mol. The minimum atomic E-state index is 0.561. The predicted molar refractivity (Wildman–Crippen MR) is 71.1 cm³/mol. The maximum atomic E-state index is 5.39. The number of nitrogens with one attached hydrogen (secondary N) is 1. The van der Waals surface area contributed by atoms with E-state index in [2.05, 4.69) is 23.3 Å². The second-order valence-corrected chi connectivity index (χ2v) is 6.56. The summed E-state index contributed by atoms with van der Waals surface area (Å²) in [5, 5.41) is 3.71. The molecule has 0 radical (unpaired) electrons. The first kappa shape index (κ1) is 12.7. The van der Waals surface area contributed by atoms with Crippen molar-refractivity contribution in [2.75, 3.05) is 32.6 Å². The molecule has 2 nitrogen and oxygen atoms in total. The van der Waals surface area contributed by atoms with E-state index in [0.717, 1.165) is 19.1 Å². The molecular weight excluding hydrogens is 218 g/mol. The second kappa shape index (κ2) is 6.27. The lowest BCUT2D eigenvalue weighted by molar-refractivity contribution is 0.0662. The highest BCUT2D eigenvalue weighted by atomic mass is 32.2. The number of ether oxygens (including phenoxy) is 1. The molecule has 1 aliphatic carbocycles. The van der Waals surface area contributed by atoms with Crippen LogP contribution >= 0.6 is 11.8 Å². The highest BCUT2D eigenvalue weighted by molar-refractivity contribution is 8.00. The van der Waals surface area contributed by atoms with Crippen molar-refractivity contribution in [2.45, 2.75) is 43.3 Å². The zero-order valence-corrected chi connectivity index (χ0v) is 11.3. The van der Waals surface area contributed by atoms with Crippen LogP contribution in [0.15, 0.2) is 0 Å². The van der Waals surface area contributed by atoms with Gasteiger partial charge in [-0.3, -0.25) is 0 Å². The first-order valence-corrected chi connectivity index (χ1v) is 7.91. The van der Waals surface area contributed by atoms with Crippen molar-refractivity contribution in [3.8, 4) is 0 Å². The first-order valence-electron chi connectivity index (χ1n) is 6.68. The number of hydrogen-bond donors (Lipinski definition) is 1. The molecule has 2 aliphatic rings.